The fourth-order valence-corrected chi connectivity index (χ4v) is 2.97. The van der Waals surface area contributed by atoms with E-state index in [1.165, 1.54) is 5.69 Å². The molecule has 23 heavy (non-hydrogen) atoms. The molecule has 0 aromatic heterocycles. The molecule has 1 saturated heterocycles. The Morgan fingerprint density at radius 2 is 1.74 bits per heavy atom. The van der Waals surface area contributed by atoms with Gasteiger partial charge in [-0.15, -0.1) is 0 Å². The van der Waals surface area contributed by atoms with E-state index in [2.05, 4.69) is 27.1 Å². The fourth-order valence-electron chi connectivity index (χ4n) is 2.46. The maximum Gasteiger partial charge on any atom is 0.317 e. The number of piperazine rings is 1. The lowest BCUT2D eigenvalue weighted by Crippen LogP contribution is -2.52. The molecule has 1 aliphatic rings. The van der Waals surface area contributed by atoms with Gasteiger partial charge in [0.05, 0.1) is 6.26 Å². The van der Waals surface area contributed by atoms with Crippen LogP contribution in [-0.2, 0) is 10.0 Å². The van der Waals surface area contributed by atoms with Crippen molar-refractivity contribution in [2.75, 3.05) is 50.4 Å². The predicted octanol–water partition coefficient (Wildman–Crippen LogP) is 0.458. The average Bonchev–Trinajstić information content (AvgIpc) is 2.54. The van der Waals surface area contributed by atoms with E-state index in [1.54, 1.807) is 4.90 Å². The van der Waals surface area contributed by atoms with Crippen molar-refractivity contribution in [1.82, 2.24) is 14.9 Å². The van der Waals surface area contributed by atoms with Crippen LogP contribution in [-0.4, -0.2) is 64.9 Å². The van der Waals surface area contributed by atoms with Gasteiger partial charge in [-0.05, 0) is 18.6 Å². The Morgan fingerprint density at radius 3 is 2.35 bits per heavy atom. The highest BCUT2D eigenvalue weighted by atomic mass is 32.2. The molecule has 1 aliphatic heterocycles. The summed E-state index contributed by atoms with van der Waals surface area (Å²) in [6, 6.07) is 10.1. The van der Waals surface area contributed by atoms with E-state index in [1.807, 2.05) is 18.2 Å². The van der Waals surface area contributed by atoms with Crippen molar-refractivity contribution in [2.24, 2.45) is 0 Å². The predicted molar refractivity (Wildman–Crippen MR) is 91.1 cm³/mol. The number of carbonyl (C=O) groups is 1. The van der Waals surface area contributed by atoms with Crippen LogP contribution in [0.4, 0.5) is 10.5 Å². The molecule has 128 valence electrons. The largest absolute Gasteiger partial charge is 0.368 e. The minimum Gasteiger partial charge on any atom is -0.368 e. The molecule has 1 aromatic carbocycles. The third-order valence-electron chi connectivity index (χ3n) is 3.68. The summed E-state index contributed by atoms with van der Waals surface area (Å²) in [5.74, 6) is 0. The van der Waals surface area contributed by atoms with Crippen molar-refractivity contribution in [3.05, 3.63) is 30.3 Å². The maximum absolute atomic E-state index is 12.1. The zero-order valence-corrected chi connectivity index (χ0v) is 14.2. The highest BCUT2D eigenvalue weighted by Crippen LogP contribution is 2.15. The highest BCUT2D eigenvalue weighted by Gasteiger charge is 2.20. The van der Waals surface area contributed by atoms with Gasteiger partial charge in [-0.25, -0.2) is 17.9 Å². The summed E-state index contributed by atoms with van der Waals surface area (Å²) >= 11 is 0. The van der Waals surface area contributed by atoms with Gasteiger partial charge in [0.25, 0.3) is 0 Å². The first-order valence-corrected chi connectivity index (χ1v) is 9.62. The Balaban J connectivity index is 1.66. The average molecular weight is 340 g/mol. The minimum atomic E-state index is -3.16. The third-order valence-corrected chi connectivity index (χ3v) is 4.41. The fraction of sp³-hybridized carbons (Fsp3) is 0.533. The zero-order valence-electron chi connectivity index (χ0n) is 13.4. The molecule has 2 N–H and O–H groups in total. The smallest absolute Gasteiger partial charge is 0.317 e. The molecule has 1 aromatic rings. The molecule has 0 unspecified atom stereocenters. The molecule has 0 radical (unpaired) electrons. The summed E-state index contributed by atoms with van der Waals surface area (Å²) in [6.45, 7) is 3.78. The zero-order chi connectivity index (χ0) is 16.7. The van der Waals surface area contributed by atoms with Crippen LogP contribution in [0, 0.1) is 0 Å². The van der Waals surface area contributed by atoms with Gasteiger partial charge in [0.2, 0.25) is 10.0 Å². The number of rotatable bonds is 6. The van der Waals surface area contributed by atoms with Crippen LogP contribution in [0.15, 0.2) is 30.3 Å². The number of benzene rings is 1. The first kappa shape index (κ1) is 17.6. The van der Waals surface area contributed by atoms with Gasteiger partial charge in [0, 0.05) is 45.0 Å². The molecule has 1 heterocycles. The summed E-state index contributed by atoms with van der Waals surface area (Å²) in [5.41, 5.74) is 1.18. The summed E-state index contributed by atoms with van der Waals surface area (Å²) < 4.78 is 24.2. The number of urea groups is 1. The Kier molecular flexibility index (Phi) is 6.23. The SMILES string of the molecule is CS(=O)(=O)NCCCNC(=O)N1CCN(c2ccccc2)CC1. The van der Waals surface area contributed by atoms with Gasteiger partial charge >= 0.3 is 6.03 Å². The van der Waals surface area contributed by atoms with E-state index < -0.39 is 10.0 Å². The molecule has 8 heteroatoms. The Morgan fingerprint density at radius 1 is 1.09 bits per heavy atom. The molecular formula is C15H24N4O3S. The normalized spacial score (nSPS) is 15.5. The highest BCUT2D eigenvalue weighted by molar-refractivity contribution is 7.88. The van der Waals surface area contributed by atoms with E-state index in [9.17, 15) is 13.2 Å². The molecular weight excluding hydrogens is 316 g/mol. The minimum absolute atomic E-state index is 0.0860. The van der Waals surface area contributed by atoms with E-state index in [-0.39, 0.29) is 6.03 Å². The maximum atomic E-state index is 12.1. The number of para-hydroxylation sites is 1. The van der Waals surface area contributed by atoms with Gasteiger partial charge in [-0.3, -0.25) is 0 Å². The van der Waals surface area contributed by atoms with Crippen molar-refractivity contribution in [3.8, 4) is 0 Å². The monoisotopic (exact) mass is 340 g/mol. The first-order valence-electron chi connectivity index (χ1n) is 7.73. The summed E-state index contributed by atoms with van der Waals surface area (Å²) in [5, 5.41) is 2.83. The third kappa shape index (κ3) is 6.07. The molecule has 0 saturated carbocycles. The van der Waals surface area contributed by atoms with Crippen LogP contribution in [0.5, 0.6) is 0 Å². The van der Waals surface area contributed by atoms with Crippen LogP contribution >= 0.6 is 0 Å². The second-order valence-electron chi connectivity index (χ2n) is 5.56. The van der Waals surface area contributed by atoms with Gasteiger partial charge < -0.3 is 15.1 Å². The molecule has 0 atom stereocenters. The first-order chi connectivity index (χ1) is 11.0. The molecule has 2 amide bonds. The topological polar surface area (TPSA) is 81.8 Å². The Labute approximate surface area is 137 Å². The van der Waals surface area contributed by atoms with Crippen molar-refractivity contribution >= 4 is 21.7 Å². The van der Waals surface area contributed by atoms with E-state index in [0.717, 1.165) is 19.3 Å². The molecule has 1 fully saturated rings. The van der Waals surface area contributed by atoms with Crippen LogP contribution < -0.4 is 14.9 Å². The van der Waals surface area contributed by atoms with Crippen molar-refractivity contribution in [1.29, 1.82) is 0 Å². The van der Waals surface area contributed by atoms with Crippen molar-refractivity contribution in [3.63, 3.8) is 0 Å². The van der Waals surface area contributed by atoms with Gasteiger partial charge in [0.1, 0.15) is 0 Å². The number of sulfonamides is 1. The lowest BCUT2D eigenvalue weighted by atomic mass is 10.2. The molecule has 0 aliphatic carbocycles. The van der Waals surface area contributed by atoms with E-state index in [0.29, 0.717) is 32.6 Å². The van der Waals surface area contributed by atoms with Crippen LogP contribution in [0.1, 0.15) is 6.42 Å². The van der Waals surface area contributed by atoms with Crippen LogP contribution in [0.3, 0.4) is 0 Å². The molecule has 7 nitrogen and oxygen atoms in total. The number of anilines is 1. The van der Waals surface area contributed by atoms with Crippen molar-refractivity contribution < 1.29 is 13.2 Å². The lowest BCUT2D eigenvalue weighted by molar-refractivity contribution is 0.194. The molecule has 0 bridgehead atoms. The number of hydrogen-bond donors (Lipinski definition) is 2. The molecule has 0 spiro atoms. The second-order valence-corrected chi connectivity index (χ2v) is 7.39. The number of nitrogens with one attached hydrogen (secondary N) is 2. The molecule has 2 rings (SSSR count). The van der Waals surface area contributed by atoms with E-state index >= 15 is 0 Å². The standard InChI is InChI=1S/C15H24N4O3S/c1-23(21,22)17-9-5-8-16-15(20)19-12-10-18(11-13-19)14-6-3-2-4-7-14/h2-4,6-7,17H,5,8-13H2,1H3,(H,16,20). The van der Waals surface area contributed by atoms with Crippen LogP contribution in [0.25, 0.3) is 0 Å². The second kappa shape index (κ2) is 8.16. The van der Waals surface area contributed by atoms with Crippen molar-refractivity contribution in [2.45, 2.75) is 6.42 Å². The Hall–Kier alpha value is -1.80. The van der Waals surface area contributed by atoms with Gasteiger partial charge in [-0.2, -0.15) is 0 Å². The van der Waals surface area contributed by atoms with Gasteiger partial charge in [0.15, 0.2) is 0 Å². The van der Waals surface area contributed by atoms with Gasteiger partial charge in [-0.1, -0.05) is 18.2 Å². The lowest BCUT2D eigenvalue weighted by Gasteiger charge is -2.36. The number of nitrogens with zero attached hydrogens (tertiary/aromatic N) is 2. The summed E-state index contributed by atoms with van der Waals surface area (Å²) in [6.07, 6.45) is 1.70. The quantitative estimate of drug-likeness (QED) is 0.737. The van der Waals surface area contributed by atoms with Crippen LogP contribution in [0.2, 0.25) is 0 Å². The number of carbonyl (C=O) groups excluding carboxylic acids is 1. The summed E-state index contributed by atoms with van der Waals surface area (Å²) in [7, 11) is -3.16. The number of amides is 2. The Bertz CT molecular complexity index is 598. The van der Waals surface area contributed by atoms with E-state index in [4.69, 9.17) is 0 Å². The number of hydrogen-bond acceptors (Lipinski definition) is 4. The summed E-state index contributed by atoms with van der Waals surface area (Å²) in [4.78, 5) is 16.1.